The molecule has 168 valence electrons. The average Bonchev–Trinajstić information content (AvgIpc) is 2.99. The van der Waals surface area contributed by atoms with Crippen LogP contribution < -0.4 is 10.6 Å². The summed E-state index contributed by atoms with van der Waals surface area (Å²) < 4.78 is 7.18. The zero-order valence-corrected chi connectivity index (χ0v) is 21.8. The normalized spacial score (nSPS) is 11.9. The van der Waals surface area contributed by atoms with Crippen LogP contribution in [0.5, 0.6) is 0 Å². The fourth-order valence-electron chi connectivity index (χ4n) is 3.38. The summed E-state index contributed by atoms with van der Waals surface area (Å²) in [6.45, 7) is 13.7. The van der Waals surface area contributed by atoms with Crippen molar-refractivity contribution in [3.8, 4) is 0 Å². The Balaban J connectivity index is 0.00000450. The maximum atomic E-state index is 5.17. The van der Waals surface area contributed by atoms with E-state index in [1.807, 2.05) is 11.6 Å². The fourth-order valence-corrected chi connectivity index (χ4v) is 3.38. The van der Waals surface area contributed by atoms with Gasteiger partial charge in [0.05, 0.1) is 18.8 Å². The Morgan fingerprint density at radius 3 is 2.40 bits per heavy atom. The highest BCUT2D eigenvalue weighted by molar-refractivity contribution is 14.0. The zero-order valence-electron chi connectivity index (χ0n) is 19.5. The third kappa shape index (κ3) is 6.97. The summed E-state index contributed by atoms with van der Waals surface area (Å²) in [4.78, 5) is 4.39. The van der Waals surface area contributed by atoms with Gasteiger partial charge in [0.1, 0.15) is 0 Å². The zero-order chi connectivity index (χ0) is 21.4. The van der Waals surface area contributed by atoms with Gasteiger partial charge >= 0.3 is 0 Å². The minimum atomic E-state index is 0. The lowest BCUT2D eigenvalue weighted by atomic mass is 9.84. The van der Waals surface area contributed by atoms with Crippen molar-refractivity contribution >= 4 is 29.9 Å². The van der Waals surface area contributed by atoms with Gasteiger partial charge < -0.3 is 15.4 Å². The standard InChI is InChI=1S/C23H37N5O.HI/c1-8-19-9-11-20(12-10-19)23(4,5)16-26-22(24-6)25-15-21-17(2)27-28(18(21)3)13-14-29-7;/h9-12H,8,13-16H2,1-7H3,(H2,24,25,26);1H. The highest BCUT2D eigenvalue weighted by atomic mass is 127. The largest absolute Gasteiger partial charge is 0.383 e. The van der Waals surface area contributed by atoms with Crippen molar-refractivity contribution in [1.29, 1.82) is 0 Å². The van der Waals surface area contributed by atoms with Gasteiger partial charge in [-0.05, 0) is 31.4 Å². The van der Waals surface area contributed by atoms with Crippen LogP contribution in [0.4, 0.5) is 0 Å². The Kier molecular flexibility index (Phi) is 10.8. The first-order valence-corrected chi connectivity index (χ1v) is 10.4. The number of nitrogens with one attached hydrogen (secondary N) is 2. The smallest absolute Gasteiger partial charge is 0.191 e. The number of halogens is 1. The Hall–Kier alpha value is -1.61. The van der Waals surface area contributed by atoms with Crippen LogP contribution in [0.2, 0.25) is 0 Å². The summed E-state index contributed by atoms with van der Waals surface area (Å²) >= 11 is 0. The number of guanidine groups is 1. The van der Waals surface area contributed by atoms with Gasteiger partial charge in [-0.2, -0.15) is 5.10 Å². The number of aromatic nitrogens is 2. The van der Waals surface area contributed by atoms with Crippen LogP contribution >= 0.6 is 24.0 Å². The molecule has 0 saturated heterocycles. The first-order valence-electron chi connectivity index (χ1n) is 10.4. The lowest BCUT2D eigenvalue weighted by molar-refractivity contribution is 0.182. The highest BCUT2D eigenvalue weighted by Gasteiger charge is 2.21. The lowest BCUT2D eigenvalue weighted by Crippen LogP contribution is -2.43. The monoisotopic (exact) mass is 527 g/mol. The maximum Gasteiger partial charge on any atom is 0.191 e. The van der Waals surface area contributed by atoms with Crippen LogP contribution in [-0.2, 0) is 29.7 Å². The summed E-state index contributed by atoms with van der Waals surface area (Å²) in [5.74, 6) is 0.798. The summed E-state index contributed by atoms with van der Waals surface area (Å²) in [6, 6.07) is 8.91. The molecule has 1 heterocycles. The predicted octanol–water partition coefficient (Wildman–Crippen LogP) is 3.97. The van der Waals surface area contributed by atoms with Crippen LogP contribution in [0.15, 0.2) is 29.3 Å². The molecule has 0 bridgehead atoms. The number of hydrogen-bond acceptors (Lipinski definition) is 3. The average molecular weight is 527 g/mol. The van der Waals surface area contributed by atoms with E-state index in [1.165, 1.54) is 22.4 Å². The molecular weight excluding hydrogens is 489 g/mol. The molecule has 0 aliphatic carbocycles. The van der Waals surface area contributed by atoms with E-state index in [4.69, 9.17) is 4.74 Å². The highest BCUT2D eigenvalue weighted by Crippen LogP contribution is 2.22. The molecule has 30 heavy (non-hydrogen) atoms. The molecule has 0 saturated carbocycles. The number of ether oxygens (including phenoxy) is 1. The molecule has 1 aromatic carbocycles. The third-order valence-electron chi connectivity index (χ3n) is 5.54. The molecule has 0 fully saturated rings. The summed E-state index contributed by atoms with van der Waals surface area (Å²) in [5.41, 5.74) is 6.10. The lowest BCUT2D eigenvalue weighted by Gasteiger charge is -2.27. The van der Waals surface area contributed by atoms with E-state index in [1.54, 1.807) is 14.2 Å². The minimum absolute atomic E-state index is 0. The molecule has 2 aromatic rings. The van der Waals surface area contributed by atoms with Gasteiger partial charge in [0.2, 0.25) is 0 Å². The van der Waals surface area contributed by atoms with E-state index in [2.05, 4.69) is 72.7 Å². The molecular formula is C23H38IN5O. The molecule has 0 atom stereocenters. The SMILES string of the molecule is CCc1ccc(C(C)(C)CNC(=NC)NCc2c(C)nn(CCOC)c2C)cc1.I. The van der Waals surface area contributed by atoms with Gasteiger partial charge in [0, 0.05) is 43.9 Å². The molecule has 0 amide bonds. The molecule has 6 nitrogen and oxygen atoms in total. The Labute approximate surface area is 198 Å². The first-order chi connectivity index (χ1) is 13.8. The van der Waals surface area contributed by atoms with E-state index in [0.29, 0.717) is 13.2 Å². The first kappa shape index (κ1) is 26.4. The third-order valence-corrected chi connectivity index (χ3v) is 5.54. The van der Waals surface area contributed by atoms with Gasteiger partial charge in [-0.1, -0.05) is 45.0 Å². The Bertz CT molecular complexity index is 812. The van der Waals surface area contributed by atoms with Crippen molar-refractivity contribution in [3.63, 3.8) is 0 Å². The van der Waals surface area contributed by atoms with E-state index < -0.39 is 0 Å². The van der Waals surface area contributed by atoms with Crippen LogP contribution in [0.1, 0.15) is 48.8 Å². The molecule has 0 unspecified atom stereocenters. The van der Waals surface area contributed by atoms with E-state index in [9.17, 15) is 0 Å². The van der Waals surface area contributed by atoms with E-state index in [0.717, 1.165) is 31.2 Å². The quantitative estimate of drug-likeness (QED) is 0.295. The fraction of sp³-hybridized carbons (Fsp3) is 0.565. The second-order valence-corrected chi connectivity index (χ2v) is 8.08. The number of nitrogens with zero attached hydrogens (tertiary/aromatic N) is 3. The summed E-state index contributed by atoms with van der Waals surface area (Å²) in [6.07, 6.45) is 1.07. The molecule has 0 radical (unpaired) electrons. The molecule has 0 spiro atoms. The minimum Gasteiger partial charge on any atom is -0.383 e. The molecule has 7 heteroatoms. The summed E-state index contributed by atoms with van der Waals surface area (Å²) in [7, 11) is 3.52. The predicted molar refractivity (Wildman–Crippen MR) is 136 cm³/mol. The molecule has 1 aromatic heterocycles. The van der Waals surface area contributed by atoms with E-state index >= 15 is 0 Å². The van der Waals surface area contributed by atoms with Crippen molar-refractivity contribution in [2.75, 3.05) is 27.3 Å². The van der Waals surface area contributed by atoms with Gasteiger partial charge in [-0.15, -0.1) is 24.0 Å². The van der Waals surface area contributed by atoms with Gasteiger partial charge in [-0.25, -0.2) is 0 Å². The van der Waals surface area contributed by atoms with Crippen LogP contribution in [0, 0.1) is 13.8 Å². The number of aliphatic imine (C=N–C) groups is 1. The maximum absolute atomic E-state index is 5.17. The van der Waals surface area contributed by atoms with E-state index in [-0.39, 0.29) is 29.4 Å². The molecule has 0 aliphatic rings. The second-order valence-electron chi connectivity index (χ2n) is 8.08. The number of hydrogen-bond donors (Lipinski definition) is 2. The van der Waals surface area contributed by atoms with Crippen molar-refractivity contribution in [2.24, 2.45) is 4.99 Å². The van der Waals surface area contributed by atoms with Gasteiger partial charge in [0.15, 0.2) is 5.96 Å². The molecule has 2 N–H and O–H groups in total. The Morgan fingerprint density at radius 2 is 1.83 bits per heavy atom. The molecule has 0 aliphatic heterocycles. The Morgan fingerprint density at radius 1 is 1.17 bits per heavy atom. The van der Waals surface area contributed by atoms with Crippen molar-refractivity contribution in [2.45, 2.75) is 59.5 Å². The van der Waals surface area contributed by atoms with Crippen molar-refractivity contribution in [3.05, 3.63) is 52.3 Å². The number of benzene rings is 1. The van der Waals surface area contributed by atoms with Crippen LogP contribution in [0.3, 0.4) is 0 Å². The van der Waals surface area contributed by atoms with Crippen molar-refractivity contribution in [1.82, 2.24) is 20.4 Å². The van der Waals surface area contributed by atoms with Crippen LogP contribution in [0.25, 0.3) is 0 Å². The molecule has 2 rings (SSSR count). The number of aryl methyl sites for hydroxylation is 2. The van der Waals surface area contributed by atoms with Gasteiger partial charge in [0.25, 0.3) is 0 Å². The van der Waals surface area contributed by atoms with Gasteiger partial charge in [-0.3, -0.25) is 9.67 Å². The number of methoxy groups -OCH3 is 1. The number of rotatable bonds is 9. The van der Waals surface area contributed by atoms with Crippen LogP contribution in [-0.4, -0.2) is 43.0 Å². The summed E-state index contributed by atoms with van der Waals surface area (Å²) in [5, 5.41) is 11.5. The topological polar surface area (TPSA) is 63.5 Å². The van der Waals surface area contributed by atoms with Crippen molar-refractivity contribution < 1.29 is 4.74 Å². The second kappa shape index (κ2) is 12.3.